The maximum atomic E-state index is 4.98. The van der Waals surface area contributed by atoms with Gasteiger partial charge in [0.2, 0.25) is 0 Å². The molecule has 1 heterocycles. The van der Waals surface area contributed by atoms with Gasteiger partial charge in [0.25, 0.3) is 0 Å². The number of fused-ring (bicyclic) bond motifs is 1. The topological polar surface area (TPSA) is 28.5 Å². The predicted molar refractivity (Wildman–Crippen MR) is 134 cm³/mol. The zero-order chi connectivity index (χ0) is 22.0. The Labute approximate surface area is 190 Å². The van der Waals surface area contributed by atoms with E-state index in [1.54, 1.807) is 11.3 Å². The molecule has 1 aliphatic rings. The van der Waals surface area contributed by atoms with Crippen molar-refractivity contribution in [2.45, 2.75) is 65.8 Å². The molecule has 0 aliphatic heterocycles. The van der Waals surface area contributed by atoms with Crippen LogP contribution in [0.1, 0.15) is 59.5 Å². The molecule has 0 unspecified atom stereocenters. The number of aliphatic imine (C=N–C) groups is 1. The third-order valence-electron chi connectivity index (χ3n) is 6.39. The second-order valence-corrected chi connectivity index (χ2v) is 10.0. The first-order chi connectivity index (χ1) is 14.9. The van der Waals surface area contributed by atoms with Crippen molar-refractivity contribution in [1.82, 2.24) is 9.88 Å². The molecule has 0 spiro atoms. The average Bonchev–Trinajstić information content (AvgIpc) is 3.23. The van der Waals surface area contributed by atoms with Crippen LogP contribution in [0.25, 0.3) is 11.3 Å². The summed E-state index contributed by atoms with van der Waals surface area (Å²) in [5.74, 6) is 0. The lowest BCUT2D eigenvalue weighted by molar-refractivity contribution is 0.429. The Morgan fingerprint density at radius 1 is 1.06 bits per heavy atom. The fourth-order valence-electron chi connectivity index (χ4n) is 4.06. The third-order valence-corrected chi connectivity index (χ3v) is 7.23. The van der Waals surface area contributed by atoms with Gasteiger partial charge in [-0.05, 0) is 93.3 Å². The van der Waals surface area contributed by atoms with Crippen LogP contribution in [0.15, 0.2) is 40.7 Å². The van der Waals surface area contributed by atoms with E-state index in [-0.39, 0.29) is 0 Å². The number of rotatable bonds is 6. The molecule has 0 N–H and O–H groups in total. The van der Waals surface area contributed by atoms with Gasteiger partial charge in [0, 0.05) is 30.5 Å². The van der Waals surface area contributed by atoms with Crippen molar-refractivity contribution in [3.8, 4) is 11.3 Å². The van der Waals surface area contributed by atoms with Gasteiger partial charge in [0.15, 0.2) is 0 Å². The summed E-state index contributed by atoms with van der Waals surface area (Å²) in [6.45, 7) is 8.66. The van der Waals surface area contributed by atoms with Gasteiger partial charge in [0.1, 0.15) is 0 Å². The molecule has 0 amide bonds. The molecular formula is C27H33N3S. The van der Waals surface area contributed by atoms with Crippen LogP contribution >= 0.6 is 11.3 Å². The van der Waals surface area contributed by atoms with E-state index >= 15 is 0 Å². The van der Waals surface area contributed by atoms with Crippen molar-refractivity contribution in [3.05, 3.63) is 68.5 Å². The summed E-state index contributed by atoms with van der Waals surface area (Å²) in [5.41, 5.74) is 10.3. The van der Waals surface area contributed by atoms with Crippen molar-refractivity contribution in [3.63, 3.8) is 0 Å². The van der Waals surface area contributed by atoms with Crippen LogP contribution in [0, 0.1) is 13.8 Å². The first-order valence-corrected chi connectivity index (χ1v) is 12.2. The van der Waals surface area contributed by atoms with E-state index in [2.05, 4.69) is 75.4 Å². The van der Waals surface area contributed by atoms with Gasteiger partial charge in [-0.1, -0.05) is 18.2 Å². The highest BCUT2D eigenvalue weighted by atomic mass is 32.1. The van der Waals surface area contributed by atoms with E-state index in [0.29, 0.717) is 6.04 Å². The third kappa shape index (κ3) is 5.07. The number of hydrogen-bond donors (Lipinski definition) is 0. The van der Waals surface area contributed by atoms with Crippen LogP contribution in [0.5, 0.6) is 0 Å². The smallest absolute Gasteiger partial charge is 0.0976 e. The summed E-state index contributed by atoms with van der Waals surface area (Å²) < 4.78 is 0. The summed E-state index contributed by atoms with van der Waals surface area (Å²) >= 11 is 1.77. The summed E-state index contributed by atoms with van der Waals surface area (Å²) in [5, 5.41) is 3.38. The molecule has 31 heavy (non-hydrogen) atoms. The molecule has 0 radical (unpaired) electrons. The van der Waals surface area contributed by atoms with Crippen molar-refractivity contribution < 1.29 is 0 Å². The normalized spacial score (nSPS) is 13.7. The van der Waals surface area contributed by atoms with Gasteiger partial charge in [-0.2, -0.15) is 0 Å². The molecule has 1 aliphatic carbocycles. The zero-order valence-electron chi connectivity index (χ0n) is 19.4. The SMILES string of the molecule is Cc1cc(N=CN(C)C(C)C)c(C)cc1Cc1nc(-c2ccc3c(c2)CCCC3)cs1. The van der Waals surface area contributed by atoms with Crippen LogP contribution in [0.3, 0.4) is 0 Å². The van der Waals surface area contributed by atoms with E-state index in [1.165, 1.54) is 64.1 Å². The molecule has 0 fully saturated rings. The maximum Gasteiger partial charge on any atom is 0.0976 e. The lowest BCUT2D eigenvalue weighted by Gasteiger charge is -2.17. The first-order valence-electron chi connectivity index (χ1n) is 11.3. The molecule has 0 saturated carbocycles. The summed E-state index contributed by atoms with van der Waals surface area (Å²) in [6.07, 6.45) is 7.87. The Morgan fingerprint density at radius 2 is 1.84 bits per heavy atom. The number of nitrogens with zero attached hydrogens (tertiary/aromatic N) is 3. The quantitative estimate of drug-likeness (QED) is 0.314. The van der Waals surface area contributed by atoms with Crippen molar-refractivity contribution in [1.29, 1.82) is 0 Å². The number of hydrogen-bond acceptors (Lipinski definition) is 3. The number of aryl methyl sites for hydroxylation is 4. The van der Waals surface area contributed by atoms with Gasteiger partial charge < -0.3 is 4.90 Å². The monoisotopic (exact) mass is 431 g/mol. The summed E-state index contributed by atoms with van der Waals surface area (Å²) in [7, 11) is 2.06. The van der Waals surface area contributed by atoms with Crippen LogP contribution in [0.4, 0.5) is 5.69 Å². The molecule has 4 heteroatoms. The molecule has 0 saturated heterocycles. The minimum atomic E-state index is 0.443. The molecule has 3 aromatic rings. The highest BCUT2D eigenvalue weighted by Crippen LogP contribution is 2.30. The minimum Gasteiger partial charge on any atom is -0.363 e. The molecule has 3 nitrogen and oxygen atoms in total. The fraction of sp³-hybridized carbons (Fsp3) is 0.407. The lowest BCUT2D eigenvalue weighted by atomic mass is 9.90. The van der Waals surface area contributed by atoms with Crippen molar-refractivity contribution in [2.24, 2.45) is 4.99 Å². The minimum absolute atomic E-state index is 0.443. The Hall–Kier alpha value is -2.46. The highest BCUT2D eigenvalue weighted by Gasteiger charge is 2.13. The zero-order valence-corrected chi connectivity index (χ0v) is 20.2. The Bertz CT molecular complexity index is 1090. The van der Waals surface area contributed by atoms with Gasteiger partial charge in [-0.25, -0.2) is 9.98 Å². The standard InChI is InChI=1S/C27H33N3S/c1-18(2)30(5)17-28-25-13-19(3)24(12-20(25)4)15-27-29-26(16-31-27)23-11-10-21-8-6-7-9-22(21)14-23/h10-14,16-18H,6-9,15H2,1-5H3. The Balaban J connectivity index is 1.51. The van der Waals surface area contributed by atoms with Crippen LogP contribution in [-0.2, 0) is 19.3 Å². The number of benzene rings is 2. The Kier molecular flexibility index (Phi) is 6.57. The maximum absolute atomic E-state index is 4.98. The van der Waals surface area contributed by atoms with Gasteiger partial charge in [0.05, 0.1) is 22.7 Å². The molecule has 0 atom stereocenters. The predicted octanol–water partition coefficient (Wildman–Crippen LogP) is 6.90. The van der Waals surface area contributed by atoms with Crippen LogP contribution in [0.2, 0.25) is 0 Å². The summed E-state index contributed by atoms with van der Waals surface area (Å²) in [6, 6.07) is 11.8. The van der Waals surface area contributed by atoms with Gasteiger partial charge in [-0.15, -0.1) is 11.3 Å². The molecule has 2 aromatic carbocycles. The molecule has 162 valence electrons. The van der Waals surface area contributed by atoms with Crippen molar-refractivity contribution in [2.75, 3.05) is 7.05 Å². The molecule has 1 aromatic heterocycles. The van der Waals surface area contributed by atoms with Gasteiger partial charge >= 0.3 is 0 Å². The summed E-state index contributed by atoms with van der Waals surface area (Å²) in [4.78, 5) is 11.8. The molecular weight excluding hydrogens is 398 g/mol. The molecule has 4 rings (SSSR count). The average molecular weight is 432 g/mol. The van der Waals surface area contributed by atoms with E-state index in [1.807, 2.05) is 6.34 Å². The Morgan fingerprint density at radius 3 is 2.61 bits per heavy atom. The van der Waals surface area contributed by atoms with Crippen LogP contribution in [-0.4, -0.2) is 29.3 Å². The second kappa shape index (κ2) is 9.35. The van der Waals surface area contributed by atoms with E-state index < -0.39 is 0 Å². The number of aromatic nitrogens is 1. The van der Waals surface area contributed by atoms with Crippen molar-refractivity contribution >= 4 is 23.4 Å². The largest absolute Gasteiger partial charge is 0.363 e. The van der Waals surface area contributed by atoms with E-state index in [4.69, 9.17) is 9.98 Å². The second-order valence-electron chi connectivity index (χ2n) is 9.06. The van der Waals surface area contributed by atoms with E-state index in [0.717, 1.165) is 17.8 Å². The first kappa shape index (κ1) is 21.8. The lowest BCUT2D eigenvalue weighted by Crippen LogP contribution is -2.24. The van der Waals surface area contributed by atoms with Gasteiger partial charge in [-0.3, -0.25) is 0 Å². The van der Waals surface area contributed by atoms with E-state index in [9.17, 15) is 0 Å². The fourth-order valence-corrected chi connectivity index (χ4v) is 4.88. The van der Waals surface area contributed by atoms with Crippen LogP contribution < -0.4 is 0 Å². The highest BCUT2D eigenvalue weighted by molar-refractivity contribution is 7.10. The molecule has 0 bridgehead atoms. The number of thiazole rings is 1.